The minimum Gasteiger partial charge on any atom is -0.493 e. The fourth-order valence-corrected chi connectivity index (χ4v) is 4.01. The third-order valence-corrected chi connectivity index (χ3v) is 6.07. The lowest BCUT2D eigenvalue weighted by molar-refractivity contribution is -0.173. The van der Waals surface area contributed by atoms with Crippen LogP contribution in [-0.2, 0) is 13.6 Å². The highest BCUT2D eigenvalue weighted by Crippen LogP contribution is 2.45. The summed E-state index contributed by atoms with van der Waals surface area (Å²) < 4.78 is 54.9. The predicted molar refractivity (Wildman–Crippen MR) is 117 cm³/mol. The average molecular weight is 478 g/mol. The number of fused-ring (bicyclic) bond motifs is 1. The van der Waals surface area contributed by atoms with Crippen LogP contribution in [0, 0.1) is 6.92 Å². The Bertz CT molecular complexity index is 1200. The van der Waals surface area contributed by atoms with E-state index in [-0.39, 0.29) is 24.3 Å². The second-order valence-electron chi connectivity index (χ2n) is 8.02. The van der Waals surface area contributed by atoms with Crippen LogP contribution in [-0.4, -0.2) is 45.9 Å². The molecule has 0 unspecified atom stereocenters. The van der Waals surface area contributed by atoms with Crippen molar-refractivity contribution in [1.82, 2.24) is 24.9 Å². The zero-order chi connectivity index (χ0) is 24.6. The summed E-state index contributed by atoms with van der Waals surface area (Å²) in [5, 5.41) is 13.8. The summed E-state index contributed by atoms with van der Waals surface area (Å²) in [6.07, 6.45) is -2.07. The standard InChI is InChI=1S/C22H25F3N6O3/c1-12-14(10-27-30(12)2)9-26-21(32)15-11-28-31-19(22(23,24)25)8-16(29-20(15)31)13-5-6-17(33-3)18(7-13)34-4/h5-7,10-11,16,19,29H,8-9H2,1-4H3,(H,26,32)/t16-,19-/m0/s1. The van der Waals surface area contributed by atoms with Gasteiger partial charge in [-0.2, -0.15) is 23.4 Å². The van der Waals surface area contributed by atoms with E-state index in [0.29, 0.717) is 17.1 Å². The molecule has 0 radical (unpaired) electrons. The van der Waals surface area contributed by atoms with Gasteiger partial charge in [0.05, 0.1) is 32.7 Å². The molecule has 2 aromatic heterocycles. The fourth-order valence-electron chi connectivity index (χ4n) is 4.01. The minimum atomic E-state index is -4.56. The van der Waals surface area contributed by atoms with Crippen LogP contribution in [0.3, 0.4) is 0 Å². The molecular formula is C22H25F3N6O3. The van der Waals surface area contributed by atoms with Crippen LogP contribution in [0.1, 0.15) is 45.7 Å². The smallest absolute Gasteiger partial charge is 0.410 e. The van der Waals surface area contributed by atoms with Gasteiger partial charge in [-0.15, -0.1) is 0 Å². The van der Waals surface area contributed by atoms with Crippen molar-refractivity contribution in [2.24, 2.45) is 7.05 Å². The molecule has 12 heteroatoms. The molecule has 1 amide bonds. The van der Waals surface area contributed by atoms with Crippen molar-refractivity contribution in [1.29, 1.82) is 0 Å². The zero-order valence-electron chi connectivity index (χ0n) is 19.1. The highest BCUT2D eigenvalue weighted by Gasteiger charge is 2.47. The molecule has 1 aromatic carbocycles. The predicted octanol–water partition coefficient (Wildman–Crippen LogP) is 3.53. The Morgan fingerprint density at radius 1 is 1.21 bits per heavy atom. The molecule has 0 bridgehead atoms. The van der Waals surface area contributed by atoms with E-state index < -0.39 is 24.2 Å². The van der Waals surface area contributed by atoms with Crippen molar-refractivity contribution in [2.75, 3.05) is 19.5 Å². The number of nitrogens with one attached hydrogen (secondary N) is 2. The van der Waals surface area contributed by atoms with Crippen molar-refractivity contribution in [3.8, 4) is 11.5 Å². The van der Waals surface area contributed by atoms with E-state index in [2.05, 4.69) is 20.8 Å². The quantitative estimate of drug-likeness (QED) is 0.563. The van der Waals surface area contributed by atoms with Crippen LogP contribution in [0.15, 0.2) is 30.6 Å². The van der Waals surface area contributed by atoms with Gasteiger partial charge in [0.25, 0.3) is 5.91 Å². The van der Waals surface area contributed by atoms with E-state index in [4.69, 9.17) is 9.47 Å². The molecule has 2 N–H and O–H groups in total. The number of aryl methyl sites for hydroxylation is 1. The molecular weight excluding hydrogens is 453 g/mol. The molecule has 34 heavy (non-hydrogen) atoms. The number of alkyl halides is 3. The molecule has 0 saturated carbocycles. The number of rotatable bonds is 6. The highest BCUT2D eigenvalue weighted by molar-refractivity contribution is 5.98. The normalized spacial score (nSPS) is 17.6. The van der Waals surface area contributed by atoms with E-state index in [9.17, 15) is 18.0 Å². The Kier molecular flexibility index (Phi) is 6.15. The van der Waals surface area contributed by atoms with Crippen LogP contribution < -0.4 is 20.1 Å². The molecule has 3 heterocycles. The highest BCUT2D eigenvalue weighted by atomic mass is 19.4. The lowest BCUT2D eigenvalue weighted by Crippen LogP contribution is -2.36. The average Bonchev–Trinajstić information content (AvgIpc) is 3.38. The Morgan fingerprint density at radius 3 is 2.56 bits per heavy atom. The second kappa shape index (κ2) is 8.92. The Hall–Kier alpha value is -3.70. The van der Waals surface area contributed by atoms with Gasteiger partial charge in [0.15, 0.2) is 17.5 Å². The summed E-state index contributed by atoms with van der Waals surface area (Å²) in [6, 6.07) is 2.30. The van der Waals surface area contributed by atoms with Gasteiger partial charge in [-0.3, -0.25) is 9.48 Å². The number of halogens is 3. The largest absolute Gasteiger partial charge is 0.493 e. The van der Waals surface area contributed by atoms with Crippen molar-refractivity contribution in [2.45, 2.75) is 38.1 Å². The number of carbonyl (C=O) groups is 1. The van der Waals surface area contributed by atoms with Gasteiger partial charge in [-0.25, -0.2) is 4.68 Å². The molecule has 3 aromatic rings. The third-order valence-electron chi connectivity index (χ3n) is 6.07. The number of benzene rings is 1. The topological polar surface area (TPSA) is 95.2 Å². The number of ether oxygens (including phenoxy) is 2. The summed E-state index contributed by atoms with van der Waals surface area (Å²) in [4.78, 5) is 12.9. The summed E-state index contributed by atoms with van der Waals surface area (Å²) in [5.41, 5.74) is 2.28. The molecule has 182 valence electrons. The summed E-state index contributed by atoms with van der Waals surface area (Å²) in [6.45, 7) is 2.05. The van der Waals surface area contributed by atoms with E-state index in [1.54, 1.807) is 36.1 Å². The molecule has 2 atom stereocenters. The van der Waals surface area contributed by atoms with E-state index >= 15 is 0 Å². The molecule has 0 aliphatic carbocycles. The Balaban J connectivity index is 1.64. The number of methoxy groups -OCH3 is 2. The first-order valence-electron chi connectivity index (χ1n) is 10.5. The van der Waals surface area contributed by atoms with Crippen LogP contribution in [0.2, 0.25) is 0 Å². The molecule has 9 nitrogen and oxygen atoms in total. The first kappa shape index (κ1) is 23.5. The Morgan fingerprint density at radius 2 is 1.94 bits per heavy atom. The van der Waals surface area contributed by atoms with Crippen molar-refractivity contribution in [3.63, 3.8) is 0 Å². The van der Waals surface area contributed by atoms with Gasteiger partial charge in [0.1, 0.15) is 11.4 Å². The maximum atomic E-state index is 14.0. The lowest BCUT2D eigenvalue weighted by atomic mass is 9.96. The van der Waals surface area contributed by atoms with Crippen LogP contribution >= 0.6 is 0 Å². The first-order valence-corrected chi connectivity index (χ1v) is 10.5. The van der Waals surface area contributed by atoms with Crippen LogP contribution in [0.25, 0.3) is 0 Å². The first-order chi connectivity index (χ1) is 16.1. The SMILES string of the molecule is COc1ccc([C@@H]2C[C@@H](C(F)(F)F)n3ncc(C(=O)NCc4cnn(C)c4C)c3N2)cc1OC. The molecule has 4 rings (SSSR count). The molecule has 0 saturated heterocycles. The number of nitrogens with zero attached hydrogens (tertiary/aromatic N) is 4. The number of hydrogen-bond acceptors (Lipinski definition) is 6. The maximum Gasteiger partial charge on any atom is 0.410 e. The molecule has 1 aliphatic heterocycles. The van der Waals surface area contributed by atoms with Gasteiger partial charge >= 0.3 is 6.18 Å². The van der Waals surface area contributed by atoms with Gasteiger partial charge in [-0.1, -0.05) is 6.07 Å². The third kappa shape index (κ3) is 4.27. The van der Waals surface area contributed by atoms with Crippen molar-refractivity contribution in [3.05, 3.63) is 53.0 Å². The summed E-state index contributed by atoms with van der Waals surface area (Å²) >= 11 is 0. The van der Waals surface area contributed by atoms with Gasteiger partial charge in [0, 0.05) is 31.3 Å². The van der Waals surface area contributed by atoms with E-state index in [0.717, 1.165) is 22.1 Å². The van der Waals surface area contributed by atoms with Crippen molar-refractivity contribution < 1.29 is 27.4 Å². The lowest BCUT2D eigenvalue weighted by Gasteiger charge is -2.34. The number of aromatic nitrogens is 4. The Labute approximate surface area is 193 Å². The summed E-state index contributed by atoms with van der Waals surface area (Å²) in [5.74, 6) is 0.333. The van der Waals surface area contributed by atoms with Crippen molar-refractivity contribution >= 4 is 11.7 Å². The van der Waals surface area contributed by atoms with Gasteiger partial charge in [-0.05, 0) is 24.6 Å². The zero-order valence-corrected chi connectivity index (χ0v) is 19.1. The minimum absolute atomic E-state index is 0.00812. The van der Waals surface area contributed by atoms with E-state index in [1.165, 1.54) is 14.2 Å². The fraction of sp³-hybridized carbons (Fsp3) is 0.409. The van der Waals surface area contributed by atoms with Crippen LogP contribution in [0.4, 0.5) is 19.0 Å². The molecule has 0 fully saturated rings. The number of amides is 1. The molecule has 1 aliphatic rings. The number of carbonyl (C=O) groups excluding carboxylic acids is 1. The van der Waals surface area contributed by atoms with Gasteiger partial charge < -0.3 is 20.1 Å². The molecule has 0 spiro atoms. The second-order valence-corrected chi connectivity index (χ2v) is 8.02. The number of hydrogen-bond donors (Lipinski definition) is 2. The van der Waals surface area contributed by atoms with Crippen LogP contribution in [0.5, 0.6) is 11.5 Å². The monoisotopic (exact) mass is 478 g/mol. The number of anilines is 1. The summed E-state index contributed by atoms with van der Waals surface area (Å²) in [7, 11) is 4.72. The van der Waals surface area contributed by atoms with Gasteiger partial charge in [0.2, 0.25) is 0 Å². The maximum absolute atomic E-state index is 14.0. The van der Waals surface area contributed by atoms with E-state index in [1.807, 2.05) is 6.92 Å².